The van der Waals surface area contributed by atoms with E-state index in [1.165, 1.54) is 15.6 Å². The van der Waals surface area contributed by atoms with Crippen LogP contribution in [0.15, 0.2) is 60.0 Å². The molecule has 1 aromatic heterocycles. The fourth-order valence-corrected chi connectivity index (χ4v) is 3.55. The minimum absolute atomic E-state index is 0.0945. The lowest BCUT2D eigenvalue weighted by Gasteiger charge is -2.25. The molecule has 2 aromatic carbocycles. The standard InChI is InChI=1S/C21H25NOS/c1-16(2)22(3)14-13-20(21-12-7-15-24-21)23-19-11-6-9-17-8-4-5-10-18(17)19/h4-12,15-16,20H,13-14H2,1-3H3. The second-order valence-electron chi connectivity index (χ2n) is 6.46. The molecule has 24 heavy (non-hydrogen) atoms. The minimum atomic E-state index is 0.0945. The molecule has 0 aliphatic carbocycles. The van der Waals surface area contributed by atoms with Gasteiger partial charge in [0.25, 0.3) is 0 Å². The third-order valence-corrected chi connectivity index (χ3v) is 5.47. The van der Waals surface area contributed by atoms with Crippen LogP contribution in [0, 0.1) is 0 Å². The average Bonchev–Trinajstić information content (AvgIpc) is 3.12. The Morgan fingerprint density at radius 2 is 1.79 bits per heavy atom. The fourth-order valence-electron chi connectivity index (χ4n) is 2.76. The fraction of sp³-hybridized carbons (Fsp3) is 0.333. The normalized spacial score (nSPS) is 12.9. The van der Waals surface area contributed by atoms with Crippen LogP contribution in [0.3, 0.4) is 0 Å². The molecule has 3 aromatic rings. The number of hydrogen-bond acceptors (Lipinski definition) is 3. The van der Waals surface area contributed by atoms with Crippen molar-refractivity contribution in [1.82, 2.24) is 4.90 Å². The van der Waals surface area contributed by atoms with E-state index in [1.807, 2.05) is 0 Å². The van der Waals surface area contributed by atoms with Crippen LogP contribution >= 0.6 is 11.3 Å². The van der Waals surface area contributed by atoms with E-state index >= 15 is 0 Å². The minimum Gasteiger partial charge on any atom is -0.484 e. The van der Waals surface area contributed by atoms with Crippen molar-refractivity contribution in [3.05, 3.63) is 64.9 Å². The highest BCUT2D eigenvalue weighted by molar-refractivity contribution is 7.10. The van der Waals surface area contributed by atoms with Gasteiger partial charge in [-0.1, -0.05) is 42.5 Å². The van der Waals surface area contributed by atoms with Gasteiger partial charge in [0.15, 0.2) is 0 Å². The summed E-state index contributed by atoms with van der Waals surface area (Å²) in [6.07, 6.45) is 1.08. The van der Waals surface area contributed by atoms with Gasteiger partial charge in [-0.2, -0.15) is 0 Å². The van der Waals surface area contributed by atoms with E-state index < -0.39 is 0 Å². The summed E-state index contributed by atoms with van der Waals surface area (Å²) in [5.41, 5.74) is 0. The van der Waals surface area contributed by atoms with Crippen molar-refractivity contribution in [3.63, 3.8) is 0 Å². The summed E-state index contributed by atoms with van der Waals surface area (Å²) in [6, 6.07) is 19.5. The van der Waals surface area contributed by atoms with Crippen LogP contribution in [0.1, 0.15) is 31.2 Å². The van der Waals surface area contributed by atoms with Gasteiger partial charge in [0.2, 0.25) is 0 Å². The molecule has 1 unspecified atom stereocenters. The number of rotatable bonds is 7. The number of ether oxygens (including phenoxy) is 1. The van der Waals surface area contributed by atoms with Crippen LogP contribution < -0.4 is 4.74 Å². The molecule has 0 spiro atoms. The monoisotopic (exact) mass is 339 g/mol. The van der Waals surface area contributed by atoms with Gasteiger partial charge in [-0.15, -0.1) is 11.3 Å². The van der Waals surface area contributed by atoms with Crippen LogP contribution in [-0.2, 0) is 0 Å². The first kappa shape index (κ1) is 17.0. The topological polar surface area (TPSA) is 12.5 Å². The molecule has 0 bridgehead atoms. The lowest BCUT2D eigenvalue weighted by atomic mass is 10.1. The molecule has 0 N–H and O–H groups in total. The van der Waals surface area contributed by atoms with E-state index in [0.717, 1.165) is 18.7 Å². The van der Waals surface area contributed by atoms with E-state index in [0.29, 0.717) is 6.04 Å². The third kappa shape index (κ3) is 3.97. The smallest absolute Gasteiger partial charge is 0.134 e. The molecular formula is C21H25NOS. The zero-order valence-corrected chi connectivity index (χ0v) is 15.4. The molecule has 1 atom stereocenters. The first-order valence-corrected chi connectivity index (χ1v) is 9.41. The maximum atomic E-state index is 6.49. The van der Waals surface area contributed by atoms with Crippen LogP contribution in [0.4, 0.5) is 0 Å². The van der Waals surface area contributed by atoms with Crippen LogP contribution in [-0.4, -0.2) is 24.5 Å². The Balaban J connectivity index is 1.83. The number of benzene rings is 2. The van der Waals surface area contributed by atoms with Crippen molar-refractivity contribution in [2.45, 2.75) is 32.4 Å². The molecule has 0 amide bonds. The van der Waals surface area contributed by atoms with Crippen molar-refractivity contribution in [3.8, 4) is 5.75 Å². The van der Waals surface area contributed by atoms with Gasteiger partial charge in [0.05, 0.1) is 0 Å². The Morgan fingerprint density at radius 3 is 2.54 bits per heavy atom. The van der Waals surface area contributed by atoms with Gasteiger partial charge >= 0.3 is 0 Å². The van der Waals surface area contributed by atoms with Crippen molar-refractivity contribution < 1.29 is 4.74 Å². The van der Waals surface area contributed by atoms with E-state index in [1.54, 1.807) is 11.3 Å². The lowest BCUT2D eigenvalue weighted by molar-refractivity contribution is 0.167. The summed E-state index contributed by atoms with van der Waals surface area (Å²) in [5, 5.41) is 4.53. The molecule has 0 saturated carbocycles. The van der Waals surface area contributed by atoms with E-state index in [2.05, 4.69) is 85.8 Å². The van der Waals surface area contributed by atoms with Gasteiger partial charge in [-0.25, -0.2) is 0 Å². The summed E-state index contributed by atoms with van der Waals surface area (Å²) in [7, 11) is 2.17. The predicted octanol–water partition coefficient (Wildman–Crippen LogP) is 5.75. The van der Waals surface area contributed by atoms with E-state index in [4.69, 9.17) is 4.74 Å². The van der Waals surface area contributed by atoms with Crippen molar-refractivity contribution in [2.24, 2.45) is 0 Å². The molecule has 0 aliphatic heterocycles. The van der Waals surface area contributed by atoms with Gasteiger partial charge in [-0.3, -0.25) is 0 Å². The van der Waals surface area contributed by atoms with Crippen LogP contribution in [0.25, 0.3) is 10.8 Å². The second kappa shape index (κ2) is 7.82. The summed E-state index contributed by atoms with van der Waals surface area (Å²) in [4.78, 5) is 3.66. The highest BCUT2D eigenvalue weighted by atomic mass is 32.1. The Kier molecular flexibility index (Phi) is 5.54. The molecule has 3 rings (SSSR count). The van der Waals surface area contributed by atoms with Crippen molar-refractivity contribution in [2.75, 3.05) is 13.6 Å². The molecule has 0 saturated heterocycles. The predicted molar refractivity (Wildman–Crippen MR) is 104 cm³/mol. The van der Waals surface area contributed by atoms with Crippen LogP contribution in [0.2, 0.25) is 0 Å². The molecule has 126 valence electrons. The van der Waals surface area contributed by atoms with Gasteiger partial charge < -0.3 is 9.64 Å². The van der Waals surface area contributed by atoms with E-state index in [-0.39, 0.29) is 6.10 Å². The highest BCUT2D eigenvalue weighted by Gasteiger charge is 2.17. The lowest BCUT2D eigenvalue weighted by Crippen LogP contribution is -2.28. The molecule has 0 aliphatic rings. The maximum Gasteiger partial charge on any atom is 0.134 e. The molecule has 0 radical (unpaired) electrons. The quantitative estimate of drug-likeness (QED) is 0.543. The maximum absolute atomic E-state index is 6.49. The van der Waals surface area contributed by atoms with Crippen molar-refractivity contribution >= 4 is 22.1 Å². The molecular weight excluding hydrogens is 314 g/mol. The number of hydrogen-bond donors (Lipinski definition) is 0. The summed E-state index contributed by atoms with van der Waals surface area (Å²) >= 11 is 1.77. The zero-order chi connectivity index (χ0) is 16.9. The average molecular weight is 340 g/mol. The van der Waals surface area contributed by atoms with Crippen LogP contribution in [0.5, 0.6) is 5.75 Å². The van der Waals surface area contributed by atoms with Gasteiger partial charge in [0.1, 0.15) is 11.9 Å². The molecule has 3 heteroatoms. The number of thiophene rings is 1. The second-order valence-corrected chi connectivity index (χ2v) is 7.44. The van der Waals surface area contributed by atoms with Gasteiger partial charge in [-0.05, 0) is 43.8 Å². The van der Waals surface area contributed by atoms with Gasteiger partial charge in [0, 0.05) is 29.3 Å². The SMILES string of the molecule is CC(C)N(C)CCC(Oc1cccc2ccccc12)c1cccs1. The number of fused-ring (bicyclic) bond motifs is 1. The Hall–Kier alpha value is -1.84. The first-order valence-electron chi connectivity index (χ1n) is 8.53. The summed E-state index contributed by atoms with van der Waals surface area (Å²) in [6.45, 7) is 5.47. The number of nitrogens with zero attached hydrogens (tertiary/aromatic N) is 1. The Bertz CT molecular complexity index is 761. The first-order chi connectivity index (χ1) is 11.6. The Morgan fingerprint density at radius 1 is 1.00 bits per heavy atom. The molecule has 0 fully saturated rings. The molecule has 1 heterocycles. The molecule has 2 nitrogen and oxygen atoms in total. The zero-order valence-electron chi connectivity index (χ0n) is 14.6. The summed E-state index contributed by atoms with van der Waals surface area (Å²) in [5.74, 6) is 0.971. The third-order valence-electron chi connectivity index (χ3n) is 4.50. The summed E-state index contributed by atoms with van der Waals surface area (Å²) < 4.78 is 6.49. The Labute approximate surface area is 148 Å². The largest absolute Gasteiger partial charge is 0.484 e. The van der Waals surface area contributed by atoms with E-state index in [9.17, 15) is 0 Å². The van der Waals surface area contributed by atoms with Crippen molar-refractivity contribution in [1.29, 1.82) is 0 Å². The highest BCUT2D eigenvalue weighted by Crippen LogP contribution is 2.32.